The number of amides is 1. The summed E-state index contributed by atoms with van der Waals surface area (Å²) < 4.78 is 33.9. The molecule has 19 heteroatoms. The van der Waals surface area contributed by atoms with Crippen LogP contribution < -0.4 is 5.32 Å². The van der Waals surface area contributed by atoms with E-state index >= 15 is 0 Å². The van der Waals surface area contributed by atoms with Crippen molar-refractivity contribution in [1.82, 2.24) is 5.32 Å². The van der Waals surface area contributed by atoms with E-state index in [1.165, 1.54) is 0 Å². The molecule has 17 atom stereocenters. The molecule has 0 aliphatic carbocycles. The molecule has 69 heavy (non-hydrogen) atoms. The van der Waals surface area contributed by atoms with Crippen molar-refractivity contribution in [2.75, 3.05) is 26.4 Å². The van der Waals surface area contributed by atoms with Gasteiger partial charge in [-0.15, -0.1) is 0 Å². The molecule has 17 unspecified atom stereocenters. The average molecular weight is 986 g/mol. The van der Waals surface area contributed by atoms with Gasteiger partial charge in [-0.2, -0.15) is 0 Å². The van der Waals surface area contributed by atoms with Gasteiger partial charge in [0.1, 0.15) is 73.2 Å². The maximum absolute atomic E-state index is 13.1. The number of hydrogen-bond donors (Lipinski definition) is 12. The zero-order valence-electron chi connectivity index (χ0n) is 40.2. The SMILES string of the molecule is CC/C=C\C/C=C\C/C=C\C/C=C\C/C=C\CCCC(=O)NC(COC1OC(CO)C(OC2OC(CO)C(OC3OC(CO)C(O)C(O)C3O)C(O)C2O)C(O)C1O)C(O)/C=C/CCCCCCC. The van der Waals surface area contributed by atoms with Crippen LogP contribution in [0, 0.1) is 0 Å². The predicted molar refractivity (Wildman–Crippen MR) is 254 cm³/mol. The van der Waals surface area contributed by atoms with Crippen molar-refractivity contribution >= 4 is 5.91 Å². The number of aliphatic hydroxyl groups excluding tert-OH is 11. The van der Waals surface area contributed by atoms with Gasteiger partial charge >= 0.3 is 0 Å². The van der Waals surface area contributed by atoms with Gasteiger partial charge in [0.05, 0.1) is 38.6 Å². The third-order valence-electron chi connectivity index (χ3n) is 12.0. The van der Waals surface area contributed by atoms with Crippen molar-refractivity contribution in [2.24, 2.45) is 0 Å². The summed E-state index contributed by atoms with van der Waals surface area (Å²) in [5.41, 5.74) is 0. The molecule has 3 aliphatic rings. The highest BCUT2D eigenvalue weighted by molar-refractivity contribution is 5.76. The smallest absolute Gasteiger partial charge is 0.220 e. The van der Waals surface area contributed by atoms with E-state index in [0.717, 1.165) is 64.2 Å². The van der Waals surface area contributed by atoms with Crippen LogP contribution in [0.25, 0.3) is 0 Å². The number of unbranched alkanes of at least 4 members (excludes halogenated alkanes) is 6. The van der Waals surface area contributed by atoms with E-state index in [4.69, 9.17) is 28.4 Å². The largest absolute Gasteiger partial charge is 0.394 e. The highest BCUT2D eigenvalue weighted by Crippen LogP contribution is 2.33. The van der Waals surface area contributed by atoms with Crippen molar-refractivity contribution < 1.29 is 89.4 Å². The molecule has 0 bridgehead atoms. The average Bonchev–Trinajstić information content (AvgIpc) is 3.34. The molecule has 3 heterocycles. The Kier molecular flexibility index (Phi) is 30.3. The van der Waals surface area contributed by atoms with Crippen molar-refractivity contribution in [3.8, 4) is 0 Å². The Morgan fingerprint density at radius 2 is 1.00 bits per heavy atom. The van der Waals surface area contributed by atoms with Crippen LogP contribution in [0.1, 0.15) is 104 Å². The van der Waals surface area contributed by atoms with Crippen LogP contribution in [0.5, 0.6) is 0 Å². The number of hydrogen-bond acceptors (Lipinski definition) is 18. The number of allylic oxidation sites excluding steroid dienone is 11. The van der Waals surface area contributed by atoms with Crippen LogP contribution in [-0.4, -0.2) is 193 Å². The second kappa shape index (κ2) is 34.6. The molecule has 396 valence electrons. The second-order valence-corrected chi connectivity index (χ2v) is 17.5. The third kappa shape index (κ3) is 20.7. The number of nitrogens with one attached hydrogen (secondary N) is 1. The summed E-state index contributed by atoms with van der Waals surface area (Å²) in [6.07, 6.45) is 9.53. The molecular weight excluding hydrogens is 903 g/mol. The van der Waals surface area contributed by atoms with Crippen molar-refractivity contribution in [1.29, 1.82) is 0 Å². The van der Waals surface area contributed by atoms with Crippen LogP contribution in [0.3, 0.4) is 0 Å². The van der Waals surface area contributed by atoms with Gasteiger partial charge in [-0.25, -0.2) is 0 Å². The predicted octanol–water partition coefficient (Wildman–Crippen LogP) is 1.14. The lowest BCUT2D eigenvalue weighted by molar-refractivity contribution is -0.379. The summed E-state index contributed by atoms with van der Waals surface area (Å²) in [6, 6.07) is -1.00. The number of carbonyl (C=O) groups excluding carboxylic acids is 1. The minimum atomic E-state index is -1.98. The Balaban J connectivity index is 1.56. The molecule has 3 aliphatic heterocycles. The molecule has 3 saturated heterocycles. The van der Waals surface area contributed by atoms with Gasteiger partial charge in [-0.1, -0.05) is 112 Å². The lowest BCUT2D eigenvalue weighted by atomic mass is 9.96. The zero-order valence-corrected chi connectivity index (χ0v) is 40.2. The van der Waals surface area contributed by atoms with E-state index in [0.29, 0.717) is 19.3 Å². The van der Waals surface area contributed by atoms with Crippen molar-refractivity contribution in [2.45, 2.75) is 208 Å². The molecule has 0 aromatic rings. The quantitative estimate of drug-likeness (QED) is 0.0332. The molecule has 1 amide bonds. The number of carbonyl (C=O) groups is 1. The van der Waals surface area contributed by atoms with E-state index < -0.39 is 124 Å². The lowest BCUT2D eigenvalue weighted by Crippen LogP contribution is -2.66. The minimum Gasteiger partial charge on any atom is -0.394 e. The Labute approximate surface area is 407 Å². The van der Waals surface area contributed by atoms with Crippen LogP contribution in [0.4, 0.5) is 0 Å². The van der Waals surface area contributed by atoms with Crippen LogP contribution >= 0.6 is 0 Å². The maximum atomic E-state index is 13.1. The molecule has 19 nitrogen and oxygen atoms in total. The van der Waals surface area contributed by atoms with Crippen LogP contribution in [0.2, 0.25) is 0 Å². The fourth-order valence-electron chi connectivity index (χ4n) is 7.87. The van der Waals surface area contributed by atoms with Gasteiger partial charge < -0.3 is 89.9 Å². The van der Waals surface area contributed by atoms with E-state index in [9.17, 15) is 61.0 Å². The highest BCUT2D eigenvalue weighted by Gasteiger charge is 2.53. The number of rotatable bonds is 32. The highest BCUT2D eigenvalue weighted by atomic mass is 16.8. The summed E-state index contributed by atoms with van der Waals surface area (Å²) in [5, 5.41) is 119. The Morgan fingerprint density at radius 3 is 1.54 bits per heavy atom. The van der Waals surface area contributed by atoms with Gasteiger partial charge in [0.2, 0.25) is 5.91 Å². The van der Waals surface area contributed by atoms with Gasteiger partial charge in [0.15, 0.2) is 18.9 Å². The summed E-state index contributed by atoms with van der Waals surface area (Å²) in [5.74, 6) is -0.343. The molecule has 0 saturated carbocycles. The van der Waals surface area contributed by atoms with Crippen LogP contribution in [0.15, 0.2) is 72.9 Å². The van der Waals surface area contributed by atoms with Gasteiger partial charge in [-0.3, -0.25) is 4.79 Å². The Bertz CT molecular complexity index is 1560. The first-order valence-corrected chi connectivity index (χ1v) is 24.7. The monoisotopic (exact) mass is 986 g/mol. The summed E-state index contributed by atoms with van der Waals surface area (Å²) in [6.45, 7) is 1.43. The first-order chi connectivity index (χ1) is 33.3. The van der Waals surface area contributed by atoms with Gasteiger partial charge in [0, 0.05) is 6.42 Å². The second-order valence-electron chi connectivity index (χ2n) is 17.5. The molecule has 0 radical (unpaired) electrons. The topological polar surface area (TPSA) is 307 Å². The normalized spacial score (nSPS) is 33.5. The minimum absolute atomic E-state index is 0.160. The molecule has 3 rings (SSSR count). The number of aliphatic hydroxyl groups is 11. The molecule has 0 spiro atoms. The van der Waals surface area contributed by atoms with Crippen molar-refractivity contribution in [3.05, 3.63) is 72.9 Å². The van der Waals surface area contributed by atoms with E-state index in [-0.39, 0.29) is 18.9 Å². The molecule has 0 aromatic heterocycles. The molecule has 12 N–H and O–H groups in total. The Morgan fingerprint density at radius 1 is 0.536 bits per heavy atom. The van der Waals surface area contributed by atoms with Gasteiger partial charge in [0.25, 0.3) is 0 Å². The summed E-state index contributed by atoms with van der Waals surface area (Å²) >= 11 is 0. The Hall–Kier alpha value is -2.77. The first-order valence-electron chi connectivity index (χ1n) is 24.7. The fourth-order valence-corrected chi connectivity index (χ4v) is 7.87. The van der Waals surface area contributed by atoms with Gasteiger partial charge in [-0.05, 0) is 57.8 Å². The molecule has 0 aromatic carbocycles. The van der Waals surface area contributed by atoms with Crippen LogP contribution in [-0.2, 0) is 33.2 Å². The van der Waals surface area contributed by atoms with E-state index in [1.807, 2.05) is 18.2 Å². The standard InChI is InChI=1S/C50H83NO18/c1-3-5-7-9-11-12-13-14-15-16-17-18-19-20-22-24-26-28-38(56)51-33(34(55)27-25-23-21-10-8-6-4-2)32-64-48-44(62)41(59)46(36(30-53)66-48)69-50-45(63)42(60)47(37(31-54)67-50)68-49-43(61)40(58)39(57)35(29-52)65-49/h5,7,11-12,14-15,17-18,20,22,25,27,33-37,39-50,52-55,57-63H,3-4,6,8-10,13,16,19,21,23-24,26,28-32H2,1-2H3,(H,51,56)/b7-5-,12-11-,15-14-,18-17-,22-20-,27-25+. The third-order valence-corrected chi connectivity index (χ3v) is 12.0. The van der Waals surface area contributed by atoms with E-state index in [2.05, 4.69) is 67.8 Å². The molecule has 3 fully saturated rings. The fraction of sp³-hybridized carbons (Fsp3) is 0.740. The molecular formula is C50H83NO18. The summed E-state index contributed by atoms with van der Waals surface area (Å²) in [7, 11) is 0. The summed E-state index contributed by atoms with van der Waals surface area (Å²) in [4.78, 5) is 13.1. The number of ether oxygens (including phenoxy) is 6. The van der Waals surface area contributed by atoms with Crippen molar-refractivity contribution in [3.63, 3.8) is 0 Å². The zero-order chi connectivity index (χ0) is 50.6. The lowest BCUT2D eigenvalue weighted by Gasteiger charge is -2.48. The van der Waals surface area contributed by atoms with E-state index in [1.54, 1.807) is 6.08 Å². The first kappa shape index (κ1) is 60.5. The maximum Gasteiger partial charge on any atom is 0.220 e.